The number of likely N-dealkylation sites (N-methyl/N-ethyl adjacent to an activating group) is 1. The maximum Gasteiger partial charge on any atom is 0.123 e. The fourth-order valence-electron chi connectivity index (χ4n) is 4.67. The quantitative estimate of drug-likeness (QED) is 0.707. The molecule has 0 unspecified atom stereocenters. The standard InChI is InChI=1S/C23H28ClFN2O2/c1-2-27(11-12-28)14-18-8-9-19-22(15-3-6-17(25)7-4-15)26-21-10-5-16(24)13-20(21)23(19)29-18/h3-7,10,13,18-19,22-23,26,28H,2,8-9,11-12,14H2,1H3/t18-,19+,22+,23+/m1/s1. The van der Waals surface area contributed by atoms with Gasteiger partial charge in [0.25, 0.3) is 0 Å². The van der Waals surface area contributed by atoms with Gasteiger partial charge in [0.1, 0.15) is 5.82 Å². The fourth-order valence-corrected chi connectivity index (χ4v) is 4.85. The molecular weight excluding hydrogens is 391 g/mol. The third-order valence-electron chi connectivity index (χ3n) is 6.16. The van der Waals surface area contributed by atoms with Crippen LogP contribution in [-0.4, -0.2) is 42.4 Å². The molecule has 2 aromatic carbocycles. The van der Waals surface area contributed by atoms with E-state index in [2.05, 4.69) is 17.1 Å². The van der Waals surface area contributed by atoms with Crippen LogP contribution < -0.4 is 5.32 Å². The average molecular weight is 419 g/mol. The van der Waals surface area contributed by atoms with Crippen LogP contribution in [0.2, 0.25) is 5.02 Å². The van der Waals surface area contributed by atoms with Gasteiger partial charge < -0.3 is 15.2 Å². The van der Waals surface area contributed by atoms with Gasteiger partial charge in [-0.15, -0.1) is 0 Å². The molecule has 4 atom stereocenters. The van der Waals surface area contributed by atoms with Crippen LogP contribution in [0.1, 0.15) is 43.0 Å². The molecule has 2 aliphatic heterocycles. The first-order chi connectivity index (χ1) is 14.1. The summed E-state index contributed by atoms with van der Waals surface area (Å²) in [5.41, 5.74) is 3.18. The fraction of sp³-hybridized carbons (Fsp3) is 0.478. The van der Waals surface area contributed by atoms with Crippen LogP contribution in [0, 0.1) is 11.7 Å². The lowest BCUT2D eigenvalue weighted by atomic mass is 9.76. The van der Waals surface area contributed by atoms with E-state index in [1.54, 1.807) is 0 Å². The van der Waals surface area contributed by atoms with Crippen molar-refractivity contribution in [2.45, 2.75) is 38.0 Å². The van der Waals surface area contributed by atoms with Gasteiger partial charge in [-0.2, -0.15) is 0 Å². The number of nitrogens with one attached hydrogen (secondary N) is 1. The van der Waals surface area contributed by atoms with Crippen molar-refractivity contribution in [1.82, 2.24) is 4.90 Å². The van der Waals surface area contributed by atoms with E-state index < -0.39 is 0 Å². The molecule has 4 nitrogen and oxygen atoms in total. The molecule has 1 fully saturated rings. The number of anilines is 1. The number of halogens is 2. The van der Waals surface area contributed by atoms with Crippen molar-refractivity contribution in [3.63, 3.8) is 0 Å². The zero-order chi connectivity index (χ0) is 20.4. The number of benzene rings is 2. The molecule has 6 heteroatoms. The third-order valence-corrected chi connectivity index (χ3v) is 6.40. The number of hydrogen-bond donors (Lipinski definition) is 2. The number of fused-ring (bicyclic) bond motifs is 3. The molecule has 156 valence electrons. The van der Waals surface area contributed by atoms with Gasteiger partial charge in [0.05, 0.1) is 24.9 Å². The van der Waals surface area contributed by atoms with Crippen LogP contribution >= 0.6 is 11.6 Å². The van der Waals surface area contributed by atoms with Crippen LogP contribution in [0.25, 0.3) is 0 Å². The highest BCUT2D eigenvalue weighted by Gasteiger charge is 2.42. The van der Waals surface area contributed by atoms with E-state index in [-0.39, 0.29) is 36.6 Å². The zero-order valence-corrected chi connectivity index (χ0v) is 17.4. The number of nitrogens with zero attached hydrogens (tertiary/aromatic N) is 1. The Morgan fingerprint density at radius 2 is 2.00 bits per heavy atom. The normalized spacial score (nSPS) is 26.0. The molecule has 4 rings (SSSR count). The second kappa shape index (κ2) is 9.00. The van der Waals surface area contributed by atoms with Crippen molar-refractivity contribution >= 4 is 17.3 Å². The zero-order valence-electron chi connectivity index (χ0n) is 16.7. The second-order valence-corrected chi connectivity index (χ2v) is 8.38. The second-order valence-electron chi connectivity index (χ2n) is 7.94. The predicted octanol–water partition coefficient (Wildman–Crippen LogP) is 4.80. The van der Waals surface area contributed by atoms with E-state index in [9.17, 15) is 9.50 Å². The van der Waals surface area contributed by atoms with Crippen molar-refractivity contribution in [2.75, 3.05) is 31.6 Å². The van der Waals surface area contributed by atoms with Gasteiger partial charge in [-0.05, 0) is 55.3 Å². The Bertz CT molecular complexity index is 832. The van der Waals surface area contributed by atoms with Crippen LogP contribution in [-0.2, 0) is 4.74 Å². The van der Waals surface area contributed by atoms with E-state index >= 15 is 0 Å². The first-order valence-electron chi connectivity index (χ1n) is 10.4. The van der Waals surface area contributed by atoms with Gasteiger partial charge in [0.2, 0.25) is 0 Å². The summed E-state index contributed by atoms with van der Waals surface area (Å²) < 4.78 is 20.1. The Labute approximate surface area is 176 Å². The molecule has 2 heterocycles. The van der Waals surface area contributed by atoms with E-state index in [0.717, 1.165) is 42.7 Å². The van der Waals surface area contributed by atoms with Gasteiger partial charge in [0.15, 0.2) is 0 Å². The van der Waals surface area contributed by atoms with Crippen LogP contribution in [0.3, 0.4) is 0 Å². The predicted molar refractivity (Wildman–Crippen MR) is 114 cm³/mol. The summed E-state index contributed by atoms with van der Waals surface area (Å²) in [6, 6.07) is 12.7. The highest BCUT2D eigenvalue weighted by atomic mass is 35.5. The van der Waals surface area contributed by atoms with Gasteiger partial charge in [-0.3, -0.25) is 4.90 Å². The van der Waals surface area contributed by atoms with Gasteiger partial charge in [0, 0.05) is 35.3 Å². The number of ether oxygens (including phenoxy) is 1. The van der Waals surface area contributed by atoms with Crippen molar-refractivity contribution in [2.24, 2.45) is 5.92 Å². The summed E-state index contributed by atoms with van der Waals surface area (Å²) in [5.74, 6) is 0.0207. The number of hydrogen-bond acceptors (Lipinski definition) is 4. The monoisotopic (exact) mass is 418 g/mol. The average Bonchev–Trinajstić information content (AvgIpc) is 2.73. The number of aliphatic hydroxyl groups excluding tert-OH is 1. The van der Waals surface area contributed by atoms with E-state index in [1.807, 2.05) is 30.3 Å². The smallest absolute Gasteiger partial charge is 0.123 e. The molecule has 0 aromatic heterocycles. The summed E-state index contributed by atoms with van der Waals surface area (Å²) in [5, 5.41) is 13.6. The van der Waals surface area contributed by atoms with E-state index in [0.29, 0.717) is 11.6 Å². The minimum Gasteiger partial charge on any atom is -0.395 e. The van der Waals surface area contributed by atoms with E-state index in [4.69, 9.17) is 16.3 Å². The van der Waals surface area contributed by atoms with E-state index in [1.165, 1.54) is 12.1 Å². The van der Waals surface area contributed by atoms with Crippen LogP contribution in [0.4, 0.5) is 10.1 Å². The molecule has 0 bridgehead atoms. The Morgan fingerprint density at radius 3 is 2.72 bits per heavy atom. The third kappa shape index (κ3) is 4.43. The molecule has 0 saturated carbocycles. The lowest BCUT2D eigenvalue weighted by Crippen LogP contribution is -2.43. The number of rotatable bonds is 6. The molecule has 2 aromatic rings. The summed E-state index contributed by atoms with van der Waals surface area (Å²) in [6.07, 6.45) is 2.01. The van der Waals surface area contributed by atoms with Crippen molar-refractivity contribution in [3.8, 4) is 0 Å². The Kier molecular flexibility index (Phi) is 6.40. The first kappa shape index (κ1) is 20.6. The summed E-state index contributed by atoms with van der Waals surface area (Å²) in [6.45, 7) is 4.61. The maximum atomic E-state index is 13.5. The topological polar surface area (TPSA) is 44.7 Å². The molecule has 2 aliphatic rings. The van der Waals surface area contributed by atoms with Crippen LogP contribution in [0.15, 0.2) is 42.5 Å². The summed E-state index contributed by atoms with van der Waals surface area (Å²) >= 11 is 6.30. The van der Waals surface area contributed by atoms with Crippen molar-refractivity contribution < 1.29 is 14.2 Å². The van der Waals surface area contributed by atoms with Crippen molar-refractivity contribution in [1.29, 1.82) is 0 Å². The highest BCUT2D eigenvalue weighted by molar-refractivity contribution is 6.30. The Morgan fingerprint density at radius 1 is 1.21 bits per heavy atom. The highest BCUT2D eigenvalue weighted by Crippen LogP contribution is 2.50. The first-order valence-corrected chi connectivity index (χ1v) is 10.8. The summed E-state index contributed by atoms with van der Waals surface area (Å²) in [4.78, 5) is 2.22. The van der Waals surface area contributed by atoms with Gasteiger partial charge in [-0.1, -0.05) is 30.7 Å². The Hall–Kier alpha value is -1.66. The largest absolute Gasteiger partial charge is 0.395 e. The molecular formula is C23H28ClFN2O2. The lowest BCUT2D eigenvalue weighted by Gasteiger charge is -2.46. The van der Waals surface area contributed by atoms with Gasteiger partial charge in [-0.25, -0.2) is 4.39 Å². The van der Waals surface area contributed by atoms with Crippen LogP contribution in [0.5, 0.6) is 0 Å². The molecule has 29 heavy (non-hydrogen) atoms. The molecule has 0 spiro atoms. The lowest BCUT2D eigenvalue weighted by molar-refractivity contribution is -0.103. The maximum absolute atomic E-state index is 13.5. The Balaban J connectivity index is 1.62. The summed E-state index contributed by atoms with van der Waals surface area (Å²) in [7, 11) is 0. The molecule has 0 radical (unpaired) electrons. The minimum atomic E-state index is -0.225. The number of aliphatic hydroxyl groups is 1. The van der Waals surface area contributed by atoms with Gasteiger partial charge >= 0.3 is 0 Å². The molecule has 2 N–H and O–H groups in total. The molecule has 1 saturated heterocycles. The molecule has 0 amide bonds. The molecule has 0 aliphatic carbocycles. The SMILES string of the molecule is CCN(CCO)C[C@H]1CC[C@@H]2[C@H](O1)c1cc(Cl)ccc1N[C@H]2c1ccc(F)cc1. The van der Waals surface area contributed by atoms with Crippen molar-refractivity contribution in [3.05, 3.63) is 64.4 Å². The minimum absolute atomic E-state index is 0.0633.